The van der Waals surface area contributed by atoms with Crippen LogP contribution >= 0.6 is 0 Å². The van der Waals surface area contributed by atoms with Gasteiger partial charge >= 0.3 is 0 Å². The predicted molar refractivity (Wildman–Crippen MR) is 98.1 cm³/mol. The SMILES string of the molecule is COc1cccc(/C=C/C(=O)NC(C)c2cc(OC)ccc2OC)c1. The van der Waals surface area contributed by atoms with Crippen LogP contribution in [0.4, 0.5) is 0 Å². The lowest BCUT2D eigenvalue weighted by atomic mass is 10.1. The molecule has 25 heavy (non-hydrogen) atoms. The summed E-state index contributed by atoms with van der Waals surface area (Å²) in [5.74, 6) is 1.96. The molecule has 1 atom stereocenters. The molecule has 0 aliphatic carbocycles. The van der Waals surface area contributed by atoms with Crippen molar-refractivity contribution in [2.45, 2.75) is 13.0 Å². The van der Waals surface area contributed by atoms with Crippen LogP contribution in [0.2, 0.25) is 0 Å². The number of hydrogen-bond donors (Lipinski definition) is 1. The third-order valence-electron chi connectivity index (χ3n) is 3.78. The van der Waals surface area contributed by atoms with E-state index >= 15 is 0 Å². The zero-order valence-corrected chi connectivity index (χ0v) is 14.9. The normalized spacial score (nSPS) is 11.8. The summed E-state index contributed by atoms with van der Waals surface area (Å²) < 4.78 is 15.8. The van der Waals surface area contributed by atoms with Crippen molar-refractivity contribution in [3.05, 3.63) is 59.7 Å². The van der Waals surface area contributed by atoms with Crippen LogP contribution in [0.1, 0.15) is 24.1 Å². The van der Waals surface area contributed by atoms with Crippen LogP contribution in [-0.4, -0.2) is 27.2 Å². The Morgan fingerprint density at radius 1 is 1.00 bits per heavy atom. The highest BCUT2D eigenvalue weighted by atomic mass is 16.5. The maximum atomic E-state index is 12.2. The number of rotatable bonds is 7. The maximum Gasteiger partial charge on any atom is 0.244 e. The van der Waals surface area contributed by atoms with Gasteiger partial charge in [-0.15, -0.1) is 0 Å². The Kier molecular flexibility index (Phi) is 6.46. The number of ether oxygens (including phenoxy) is 3. The molecule has 2 rings (SSSR count). The van der Waals surface area contributed by atoms with Gasteiger partial charge < -0.3 is 19.5 Å². The lowest BCUT2D eigenvalue weighted by Crippen LogP contribution is -2.25. The second-order valence-corrected chi connectivity index (χ2v) is 5.45. The van der Waals surface area contributed by atoms with Crippen LogP contribution in [0.5, 0.6) is 17.2 Å². The van der Waals surface area contributed by atoms with Crippen LogP contribution in [0.15, 0.2) is 48.5 Å². The smallest absolute Gasteiger partial charge is 0.244 e. The van der Waals surface area contributed by atoms with Gasteiger partial charge in [0, 0.05) is 11.6 Å². The molecule has 1 N–H and O–H groups in total. The summed E-state index contributed by atoms with van der Waals surface area (Å²) in [5.41, 5.74) is 1.74. The summed E-state index contributed by atoms with van der Waals surface area (Å²) in [6.07, 6.45) is 3.24. The highest BCUT2D eigenvalue weighted by molar-refractivity contribution is 5.92. The molecule has 2 aromatic carbocycles. The third kappa shape index (κ3) is 5.01. The first kappa shape index (κ1) is 18.4. The highest BCUT2D eigenvalue weighted by Crippen LogP contribution is 2.29. The van der Waals surface area contributed by atoms with E-state index in [9.17, 15) is 4.79 Å². The van der Waals surface area contributed by atoms with E-state index in [1.165, 1.54) is 6.08 Å². The van der Waals surface area contributed by atoms with Crippen LogP contribution in [0, 0.1) is 0 Å². The van der Waals surface area contributed by atoms with Gasteiger partial charge in [-0.1, -0.05) is 12.1 Å². The number of amides is 1. The standard InChI is InChI=1S/C20H23NO4/c1-14(18-13-17(24-3)9-10-19(18)25-4)21-20(22)11-8-15-6-5-7-16(12-15)23-2/h5-14H,1-4H3,(H,21,22)/b11-8+. The van der Waals surface area contributed by atoms with Crippen molar-refractivity contribution in [2.24, 2.45) is 0 Å². The summed E-state index contributed by atoms with van der Waals surface area (Å²) in [6.45, 7) is 1.90. The molecule has 0 aromatic heterocycles. The van der Waals surface area contributed by atoms with Crippen molar-refractivity contribution in [3.63, 3.8) is 0 Å². The molecule has 0 aliphatic rings. The van der Waals surface area contributed by atoms with Crippen molar-refractivity contribution in [3.8, 4) is 17.2 Å². The number of methoxy groups -OCH3 is 3. The van der Waals surface area contributed by atoms with Crippen molar-refractivity contribution in [2.75, 3.05) is 21.3 Å². The van der Waals surface area contributed by atoms with Crippen molar-refractivity contribution in [1.29, 1.82) is 0 Å². The quantitative estimate of drug-likeness (QED) is 0.782. The summed E-state index contributed by atoms with van der Waals surface area (Å²) in [6, 6.07) is 12.8. The molecule has 0 bridgehead atoms. The number of hydrogen-bond acceptors (Lipinski definition) is 4. The molecule has 5 heteroatoms. The second kappa shape index (κ2) is 8.78. The van der Waals surface area contributed by atoms with Crippen LogP contribution in [0.25, 0.3) is 6.08 Å². The van der Waals surface area contributed by atoms with Gasteiger partial charge in [0.25, 0.3) is 0 Å². The first-order chi connectivity index (χ1) is 12.1. The first-order valence-corrected chi connectivity index (χ1v) is 7.92. The predicted octanol–water partition coefficient (Wildman–Crippen LogP) is 3.60. The molecule has 2 aromatic rings. The molecular weight excluding hydrogens is 318 g/mol. The molecule has 0 saturated carbocycles. The number of nitrogens with one attached hydrogen (secondary N) is 1. The van der Waals surface area contributed by atoms with Gasteiger partial charge in [-0.3, -0.25) is 4.79 Å². The topological polar surface area (TPSA) is 56.8 Å². The van der Waals surface area contributed by atoms with Crippen LogP contribution < -0.4 is 19.5 Å². The molecule has 1 unspecified atom stereocenters. The summed E-state index contributed by atoms with van der Waals surface area (Å²) in [5, 5.41) is 2.93. The van der Waals surface area contributed by atoms with Crippen molar-refractivity contribution < 1.29 is 19.0 Å². The first-order valence-electron chi connectivity index (χ1n) is 7.92. The Morgan fingerprint density at radius 2 is 1.72 bits per heavy atom. The Morgan fingerprint density at radius 3 is 2.40 bits per heavy atom. The van der Waals surface area contributed by atoms with E-state index in [0.717, 1.165) is 16.9 Å². The van der Waals surface area contributed by atoms with E-state index in [0.29, 0.717) is 11.5 Å². The fraction of sp³-hybridized carbons (Fsp3) is 0.250. The number of carbonyl (C=O) groups excluding carboxylic acids is 1. The average Bonchev–Trinajstić information content (AvgIpc) is 2.65. The van der Waals surface area contributed by atoms with Crippen LogP contribution in [0.3, 0.4) is 0 Å². The third-order valence-corrected chi connectivity index (χ3v) is 3.78. The Hall–Kier alpha value is -2.95. The minimum Gasteiger partial charge on any atom is -0.497 e. The molecule has 0 spiro atoms. The van der Waals surface area contributed by atoms with Crippen molar-refractivity contribution >= 4 is 12.0 Å². The van der Waals surface area contributed by atoms with Gasteiger partial charge in [0.15, 0.2) is 0 Å². The van der Waals surface area contributed by atoms with E-state index in [2.05, 4.69) is 5.32 Å². The minimum absolute atomic E-state index is 0.194. The molecular formula is C20H23NO4. The minimum atomic E-state index is -0.229. The zero-order valence-electron chi connectivity index (χ0n) is 14.9. The maximum absolute atomic E-state index is 12.2. The monoisotopic (exact) mass is 341 g/mol. The van der Waals surface area contributed by atoms with Gasteiger partial charge in [-0.2, -0.15) is 0 Å². The molecule has 0 aliphatic heterocycles. The lowest BCUT2D eigenvalue weighted by Gasteiger charge is -2.17. The molecule has 0 saturated heterocycles. The lowest BCUT2D eigenvalue weighted by molar-refractivity contribution is -0.117. The fourth-order valence-corrected chi connectivity index (χ4v) is 2.43. The molecule has 0 heterocycles. The Labute approximate surface area is 148 Å². The number of carbonyl (C=O) groups is 1. The molecule has 1 amide bonds. The van der Waals surface area contributed by atoms with E-state index in [4.69, 9.17) is 14.2 Å². The van der Waals surface area contributed by atoms with Crippen molar-refractivity contribution in [1.82, 2.24) is 5.32 Å². The van der Waals surface area contributed by atoms with Gasteiger partial charge in [0.05, 0.1) is 27.4 Å². The van der Waals surface area contributed by atoms with E-state index in [1.807, 2.05) is 49.4 Å². The summed E-state index contributed by atoms with van der Waals surface area (Å²) >= 11 is 0. The largest absolute Gasteiger partial charge is 0.497 e. The molecule has 0 radical (unpaired) electrons. The van der Waals surface area contributed by atoms with E-state index in [-0.39, 0.29) is 11.9 Å². The Bertz CT molecular complexity index is 755. The fourth-order valence-electron chi connectivity index (χ4n) is 2.43. The average molecular weight is 341 g/mol. The van der Waals surface area contributed by atoms with Gasteiger partial charge in [-0.25, -0.2) is 0 Å². The highest BCUT2D eigenvalue weighted by Gasteiger charge is 2.14. The summed E-state index contributed by atoms with van der Waals surface area (Å²) in [4.78, 5) is 12.2. The molecule has 132 valence electrons. The Balaban J connectivity index is 2.08. The zero-order chi connectivity index (χ0) is 18.2. The molecule has 0 fully saturated rings. The molecule has 5 nitrogen and oxygen atoms in total. The van der Waals surface area contributed by atoms with Gasteiger partial charge in [-0.05, 0) is 48.9 Å². The second-order valence-electron chi connectivity index (χ2n) is 5.45. The van der Waals surface area contributed by atoms with E-state index in [1.54, 1.807) is 27.4 Å². The van der Waals surface area contributed by atoms with Gasteiger partial charge in [0.2, 0.25) is 5.91 Å². The van der Waals surface area contributed by atoms with Crippen LogP contribution in [-0.2, 0) is 4.79 Å². The summed E-state index contributed by atoms with van der Waals surface area (Å²) in [7, 11) is 4.81. The number of benzene rings is 2. The van der Waals surface area contributed by atoms with E-state index < -0.39 is 0 Å². The van der Waals surface area contributed by atoms with Gasteiger partial charge in [0.1, 0.15) is 17.2 Å².